The van der Waals surface area contributed by atoms with E-state index in [0.29, 0.717) is 10.7 Å². The van der Waals surface area contributed by atoms with Gasteiger partial charge in [0.05, 0.1) is 12.2 Å². The minimum Gasteiger partial charge on any atom is -0.390 e. The molecule has 0 aromatic rings. The number of aliphatic hydroxyl groups is 1. The number of aliphatic hydroxyl groups excluding tert-OH is 1. The van der Waals surface area contributed by atoms with Gasteiger partial charge in [-0.3, -0.25) is 0 Å². The fraction of sp³-hybridized carbons (Fsp3) is 1.00. The molecule has 2 nitrogen and oxygen atoms in total. The zero-order chi connectivity index (χ0) is 7.28. The highest BCUT2D eigenvalue weighted by molar-refractivity contribution is 9.09. The first kappa shape index (κ1) is 9.88. The van der Waals surface area contributed by atoms with E-state index < -0.39 is 6.10 Å². The summed E-state index contributed by atoms with van der Waals surface area (Å²) in [5.41, 5.74) is 0. The van der Waals surface area contributed by atoms with Crippen LogP contribution >= 0.6 is 31.9 Å². The molecule has 0 aliphatic carbocycles. The van der Waals surface area contributed by atoms with Gasteiger partial charge in [0.15, 0.2) is 0 Å². The molecule has 9 heavy (non-hydrogen) atoms. The summed E-state index contributed by atoms with van der Waals surface area (Å²) >= 11 is 6.36. The van der Waals surface area contributed by atoms with Crippen LogP contribution in [0.4, 0.5) is 0 Å². The molecule has 4 heteroatoms. The van der Waals surface area contributed by atoms with Gasteiger partial charge in [0, 0.05) is 17.8 Å². The molecule has 0 saturated carbocycles. The van der Waals surface area contributed by atoms with Crippen molar-refractivity contribution in [3.05, 3.63) is 0 Å². The van der Waals surface area contributed by atoms with Crippen LogP contribution in [0.1, 0.15) is 0 Å². The van der Waals surface area contributed by atoms with Gasteiger partial charge < -0.3 is 9.84 Å². The van der Waals surface area contributed by atoms with Crippen LogP contribution in [0.25, 0.3) is 0 Å². The number of rotatable bonds is 4. The predicted molar refractivity (Wildman–Crippen MR) is 44.4 cm³/mol. The van der Waals surface area contributed by atoms with E-state index in [1.807, 2.05) is 0 Å². The first-order chi connectivity index (χ1) is 4.26. The summed E-state index contributed by atoms with van der Waals surface area (Å²) in [5, 5.41) is 10.3. The van der Waals surface area contributed by atoms with E-state index >= 15 is 0 Å². The topological polar surface area (TPSA) is 29.5 Å². The molecule has 0 aliphatic rings. The van der Waals surface area contributed by atoms with Gasteiger partial charge in [0.1, 0.15) is 0 Å². The molecular formula is C5H10Br2O2. The Kier molecular flexibility index (Phi) is 6.20. The van der Waals surface area contributed by atoms with Gasteiger partial charge in [-0.15, -0.1) is 0 Å². The van der Waals surface area contributed by atoms with Crippen LogP contribution in [0.15, 0.2) is 0 Å². The SMILES string of the molecule is COC(CBr)C(O)CBr. The van der Waals surface area contributed by atoms with E-state index in [1.54, 1.807) is 7.11 Å². The summed E-state index contributed by atoms with van der Waals surface area (Å²) in [4.78, 5) is 0. The molecule has 0 heterocycles. The smallest absolute Gasteiger partial charge is 0.0934 e. The number of alkyl halides is 2. The predicted octanol–water partition coefficient (Wildman–Crippen LogP) is 1.15. The Labute approximate surface area is 71.8 Å². The van der Waals surface area contributed by atoms with E-state index in [0.717, 1.165) is 0 Å². The van der Waals surface area contributed by atoms with Crippen LogP contribution < -0.4 is 0 Å². The number of hydrogen-bond acceptors (Lipinski definition) is 2. The van der Waals surface area contributed by atoms with Gasteiger partial charge in [-0.25, -0.2) is 0 Å². The van der Waals surface area contributed by atoms with Gasteiger partial charge in [-0.1, -0.05) is 31.9 Å². The highest BCUT2D eigenvalue weighted by Gasteiger charge is 2.14. The summed E-state index contributed by atoms with van der Waals surface area (Å²) in [5.74, 6) is 0. The molecule has 0 radical (unpaired) electrons. The molecular weight excluding hydrogens is 252 g/mol. The third kappa shape index (κ3) is 3.55. The maximum absolute atomic E-state index is 9.12. The van der Waals surface area contributed by atoms with Crippen molar-refractivity contribution in [2.75, 3.05) is 17.8 Å². The van der Waals surface area contributed by atoms with Gasteiger partial charge >= 0.3 is 0 Å². The standard InChI is InChI=1S/C5H10Br2O2/c1-9-5(3-7)4(8)2-6/h4-5,8H,2-3H2,1H3. The lowest BCUT2D eigenvalue weighted by molar-refractivity contribution is 0.0168. The molecule has 0 aromatic carbocycles. The van der Waals surface area contributed by atoms with Gasteiger partial charge in [-0.05, 0) is 0 Å². The Morgan fingerprint density at radius 1 is 1.44 bits per heavy atom. The van der Waals surface area contributed by atoms with Crippen LogP contribution in [0.2, 0.25) is 0 Å². The van der Waals surface area contributed by atoms with Crippen molar-refractivity contribution in [3.63, 3.8) is 0 Å². The Morgan fingerprint density at radius 3 is 2.11 bits per heavy atom. The average Bonchev–Trinajstić information content (AvgIpc) is 1.90. The van der Waals surface area contributed by atoms with Crippen molar-refractivity contribution in [2.24, 2.45) is 0 Å². The summed E-state index contributed by atoms with van der Waals surface area (Å²) < 4.78 is 4.93. The molecule has 0 spiro atoms. The van der Waals surface area contributed by atoms with E-state index in [1.165, 1.54) is 0 Å². The van der Waals surface area contributed by atoms with E-state index in [4.69, 9.17) is 9.84 Å². The van der Waals surface area contributed by atoms with E-state index in [2.05, 4.69) is 31.9 Å². The molecule has 2 unspecified atom stereocenters. The molecule has 0 aromatic heterocycles. The fourth-order valence-electron chi connectivity index (χ4n) is 0.422. The Morgan fingerprint density at radius 2 is 2.00 bits per heavy atom. The van der Waals surface area contributed by atoms with Crippen LogP contribution in [-0.4, -0.2) is 35.1 Å². The fourth-order valence-corrected chi connectivity index (χ4v) is 1.54. The number of halogens is 2. The van der Waals surface area contributed by atoms with Crippen molar-refractivity contribution >= 4 is 31.9 Å². The number of ether oxygens (including phenoxy) is 1. The monoisotopic (exact) mass is 260 g/mol. The summed E-state index contributed by atoms with van der Waals surface area (Å²) in [6, 6.07) is 0. The molecule has 0 saturated heterocycles. The van der Waals surface area contributed by atoms with Crippen molar-refractivity contribution in [3.8, 4) is 0 Å². The van der Waals surface area contributed by atoms with Gasteiger partial charge in [0.25, 0.3) is 0 Å². The van der Waals surface area contributed by atoms with E-state index in [9.17, 15) is 0 Å². The summed E-state index contributed by atoms with van der Waals surface area (Å²) in [6.45, 7) is 0. The minimum absolute atomic E-state index is 0.107. The number of methoxy groups -OCH3 is 1. The van der Waals surface area contributed by atoms with Crippen LogP contribution in [0.3, 0.4) is 0 Å². The number of hydrogen-bond donors (Lipinski definition) is 1. The third-order valence-electron chi connectivity index (χ3n) is 1.04. The van der Waals surface area contributed by atoms with Crippen molar-refractivity contribution in [1.29, 1.82) is 0 Å². The highest BCUT2D eigenvalue weighted by atomic mass is 79.9. The van der Waals surface area contributed by atoms with Crippen LogP contribution in [0, 0.1) is 0 Å². The molecule has 2 atom stereocenters. The molecule has 56 valence electrons. The second kappa shape index (κ2) is 5.65. The highest BCUT2D eigenvalue weighted by Crippen LogP contribution is 2.04. The summed E-state index contributed by atoms with van der Waals surface area (Å²) in [7, 11) is 1.58. The van der Waals surface area contributed by atoms with Gasteiger partial charge in [-0.2, -0.15) is 0 Å². The van der Waals surface area contributed by atoms with Crippen molar-refractivity contribution in [1.82, 2.24) is 0 Å². The average molecular weight is 262 g/mol. The minimum atomic E-state index is -0.422. The lowest BCUT2D eigenvalue weighted by Crippen LogP contribution is -2.30. The lowest BCUT2D eigenvalue weighted by Gasteiger charge is -2.16. The molecule has 0 fully saturated rings. The van der Waals surface area contributed by atoms with E-state index in [-0.39, 0.29) is 6.10 Å². The zero-order valence-corrected chi connectivity index (χ0v) is 8.35. The zero-order valence-electron chi connectivity index (χ0n) is 5.18. The Balaban J connectivity index is 3.50. The molecule has 0 aliphatic heterocycles. The van der Waals surface area contributed by atoms with Gasteiger partial charge in [0.2, 0.25) is 0 Å². The Bertz CT molecular complexity index is 66.0. The largest absolute Gasteiger partial charge is 0.390 e. The second-order valence-corrected chi connectivity index (χ2v) is 2.95. The molecule has 0 amide bonds. The molecule has 0 bridgehead atoms. The maximum Gasteiger partial charge on any atom is 0.0934 e. The van der Waals surface area contributed by atoms with Crippen LogP contribution in [-0.2, 0) is 4.74 Å². The molecule has 0 rings (SSSR count). The second-order valence-electron chi connectivity index (χ2n) is 1.65. The summed E-state index contributed by atoms with van der Waals surface area (Å²) in [6.07, 6.45) is -0.529. The Hall–Kier alpha value is 0.880. The normalized spacial score (nSPS) is 17.3. The maximum atomic E-state index is 9.12. The molecule has 1 N–H and O–H groups in total. The first-order valence-electron chi connectivity index (χ1n) is 2.59. The van der Waals surface area contributed by atoms with Crippen molar-refractivity contribution < 1.29 is 9.84 Å². The lowest BCUT2D eigenvalue weighted by atomic mass is 10.3. The quantitative estimate of drug-likeness (QED) is 0.770. The first-order valence-corrected chi connectivity index (χ1v) is 4.83. The van der Waals surface area contributed by atoms with Crippen molar-refractivity contribution in [2.45, 2.75) is 12.2 Å². The van der Waals surface area contributed by atoms with Crippen LogP contribution in [0.5, 0.6) is 0 Å². The third-order valence-corrected chi connectivity index (χ3v) is 2.34.